The van der Waals surface area contributed by atoms with E-state index in [1.165, 1.54) is 6.07 Å². The quantitative estimate of drug-likeness (QED) is 0.683. The standard InChI is InChI=1S/C20H20F2N2O/c1-11(14-8-9-16(21)17(22)10-14)23-13(3)20(25)19-12(2)24-18-7-5-4-6-15(18)19/h4-11,13,23-24H,1-3H3/p+1/t11-,13-/m0/s1. The van der Waals surface area contributed by atoms with E-state index in [1.54, 1.807) is 6.07 Å². The largest absolute Gasteiger partial charge is 0.358 e. The monoisotopic (exact) mass is 343 g/mol. The van der Waals surface area contributed by atoms with Crippen LogP contribution >= 0.6 is 0 Å². The Morgan fingerprint density at radius 1 is 1.08 bits per heavy atom. The van der Waals surface area contributed by atoms with Crippen molar-refractivity contribution in [2.24, 2.45) is 0 Å². The molecule has 0 spiro atoms. The van der Waals surface area contributed by atoms with Crippen LogP contribution in [-0.4, -0.2) is 16.8 Å². The van der Waals surface area contributed by atoms with E-state index in [1.807, 2.05) is 50.4 Å². The van der Waals surface area contributed by atoms with Gasteiger partial charge in [0, 0.05) is 22.2 Å². The number of fused-ring (bicyclic) bond motifs is 1. The molecule has 0 aliphatic heterocycles. The summed E-state index contributed by atoms with van der Waals surface area (Å²) < 4.78 is 26.5. The van der Waals surface area contributed by atoms with Crippen molar-refractivity contribution >= 4 is 16.7 Å². The highest BCUT2D eigenvalue weighted by atomic mass is 19.2. The third-order valence-electron chi connectivity index (χ3n) is 4.60. The number of quaternary nitrogens is 1. The first-order chi connectivity index (χ1) is 11.9. The number of halogens is 2. The van der Waals surface area contributed by atoms with Gasteiger partial charge in [-0.15, -0.1) is 0 Å². The third kappa shape index (κ3) is 3.33. The van der Waals surface area contributed by atoms with Crippen LogP contribution in [0.1, 0.15) is 41.5 Å². The lowest BCUT2D eigenvalue weighted by molar-refractivity contribution is -0.709. The number of carbonyl (C=O) groups is 1. The molecule has 0 aliphatic rings. The van der Waals surface area contributed by atoms with E-state index in [2.05, 4.69) is 4.98 Å². The minimum absolute atomic E-state index is 0.0179. The molecule has 2 aromatic carbocycles. The number of para-hydroxylation sites is 1. The summed E-state index contributed by atoms with van der Waals surface area (Å²) in [5.74, 6) is -1.72. The number of ketones is 1. The van der Waals surface area contributed by atoms with Crippen molar-refractivity contribution in [3.05, 3.63) is 70.9 Å². The number of aromatic nitrogens is 1. The molecule has 0 saturated carbocycles. The second-order valence-electron chi connectivity index (χ2n) is 6.48. The highest BCUT2D eigenvalue weighted by Gasteiger charge is 2.26. The zero-order valence-electron chi connectivity index (χ0n) is 14.4. The van der Waals surface area contributed by atoms with Crippen molar-refractivity contribution in [2.45, 2.75) is 32.9 Å². The number of hydrogen-bond donors (Lipinski definition) is 2. The fraction of sp³-hybridized carbons (Fsp3) is 0.250. The molecule has 5 heteroatoms. The maximum Gasteiger partial charge on any atom is 0.221 e. The first-order valence-corrected chi connectivity index (χ1v) is 8.30. The number of aryl methyl sites for hydroxylation is 1. The average molecular weight is 343 g/mol. The van der Waals surface area contributed by atoms with Crippen LogP contribution in [0.4, 0.5) is 8.78 Å². The van der Waals surface area contributed by atoms with Crippen molar-refractivity contribution in [3.63, 3.8) is 0 Å². The van der Waals surface area contributed by atoms with Gasteiger partial charge in [-0.25, -0.2) is 8.78 Å². The van der Waals surface area contributed by atoms with Crippen LogP contribution in [0.3, 0.4) is 0 Å². The molecule has 3 nitrogen and oxygen atoms in total. The van der Waals surface area contributed by atoms with Crippen LogP contribution in [-0.2, 0) is 0 Å². The normalized spacial score (nSPS) is 13.8. The van der Waals surface area contributed by atoms with Gasteiger partial charge in [0.25, 0.3) is 0 Å². The maximum atomic E-state index is 13.4. The Labute approximate surface area is 145 Å². The van der Waals surface area contributed by atoms with Crippen molar-refractivity contribution in [2.75, 3.05) is 0 Å². The Hall–Kier alpha value is -2.53. The van der Waals surface area contributed by atoms with Gasteiger partial charge >= 0.3 is 0 Å². The molecule has 0 unspecified atom stereocenters. The third-order valence-corrected chi connectivity index (χ3v) is 4.60. The molecule has 0 fully saturated rings. The molecule has 0 saturated heterocycles. The Balaban J connectivity index is 1.82. The first-order valence-electron chi connectivity index (χ1n) is 8.30. The summed E-state index contributed by atoms with van der Waals surface area (Å²) in [5, 5.41) is 2.78. The highest BCUT2D eigenvalue weighted by Crippen LogP contribution is 2.23. The molecule has 1 aromatic heterocycles. The number of Topliss-reactive ketones (excluding diaryl/α,β-unsaturated/α-hetero) is 1. The molecule has 0 aliphatic carbocycles. The van der Waals surface area contributed by atoms with Gasteiger partial charge in [0.15, 0.2) is 11.6 Å². The summed E-state index contributed by atoms with van der Waals surface area (Å²) in [6, 6.07) is 11.0. The summed E-state index contributed by atoms with van der Waals surface area (Å²) in [4.78, 5) is 16.2. The Morgan fingerprint density at radius 2 is 1.80 bits per heavy atom. The number of nitrogens with one attached hydrogen (secondary N) is 1. The van der Waals surface area contributed by atoms with E-state index < -0.39 is 11.6 Å². The van der Waals surface area contributed by atoms with Crippen molar-refractivity contribution in [1.29, 1.82) is 0 Å². The topological polar surface area (TPSA) is 49.5 Å². The molecular weight excluding hydrogens is 322 g/mol. The summed E-state index contributed by atoms with van der Waals surface area (Å²) in [5.41, 5.74) is 3.11. The molecular formula is C20H21F2N2O+. The predicted molar refractivity (Wildman–Crippen MR) is 93.5 cm³/mol. The van der Waals surface area contributed by atoms with Gasteiger partial charge in [-0.3, -0.25) is 4.79 Å². The van der Waals surface area contributed by atoms with Crippen molar-refractivity contribution in [1.82, 2.24) is 4.98 Å². The number of carbonyl (C=O) groups excluding carboxylic acids is 1. The number of benzene rings is 2. The van der Waals surface area contributed by atoms with Gasteiger partial charge in [-0.2, -0.15) is 0 Å². The maximum absolute atomic E-state index is 13.4. The SMILES string of the molecule is Cc1[nH]c2ccccc2c1C(=O)[C@H](C)[NH2+][C@@H](C)c1ccc(F)c(F)c1. The predicted octanol–water partition coefficient (Wildman–Crippen LogP) is 3.65. The fourth-order valence-electron chi connectivity index (χ4n) is 3.25. The van der Waals surface area contributed by atoms with Crippen molar-refractivity contribution in [3.8, 4) is 0 Å². The van der Waals surface area contributed by atoms with Gasteiger partial charge in [0.1, 0.15) is 12.1 Å². The minimum atomic E-state index is -0.871. The molecule has 0 radical (unpaired) electrons. The molecule has 3 N–H and O–H groups in total. The van der Waals surface area contributed by atoms with Gasteiger partial charge < -0.3 is 10.3 Å². The van der Waals surface area contributed by atoms with Crippen molar-refractivity contribution < 1.29 is 18.9 Å². The summed E-state index contributed by atoms with van der Waals surface area (Å²) in [7, 11) is 0. The molecule has 3 aromatic rings. The van der Waals surface area contributed by atoms with Gasteiger partial charge in [-0.05, 0) is 45.0 Å². The summed E-state index contributed by atoms with van der Waals surface area (Å²) in [6.45, 7) is 5.59. The smallest absolute Gasteiger partial charge is 0.221 e. The fourth-order valence-corrected chi connectivity index (χ4v) is 3.25. The van der Waals surface area contributed by atoms with Crippen LogP contribution in [0.25, 0.3) is 10.9 Å². The lowest BCUT2D eigenvalue weighted by atomic mass is 10.00. The number of H-pyrrole nitrogens is 1. The average Bonchev–Trinajstić information content (AvgIpc) is 2.92. The number of nitrogens with two attached hydrogens (primary N) is 1. The van der Waals surface area contributed by atoms with E-state index in [0.29, 0.717) is 11.1 Å². The highest BCUT2D eigenvalue weighted by molar-refractivity contribution is 6.10. The van der Waals surface area contributed by atoms with E-state index in [4.69, 9.17) is 0 Å². The lowest BCUT2D eigenvalue weighted by Crippen LogP contribution is -2.91. The van der Waals surface area contributed by atoms with Crippen LogP contribution in [0, 0.1) is 18.6 Å². The van der Waals surface area contributed by atoms with Crippen LogP contribution < -0.4 is 5.32 Å². The van der Waals surface area contributed by atoms with E-state index >= 15 is 0 Å². The molecule has 0 amide bonds. The lowest BCUT2D eigenvalue weighted by Gasteiger charge is -2.16. The van der Waals surface area contributed by atoms with Crippen LogP contribution in [0.15, 0.2) is 42.5 Å². The second kappa shape index (κ2) is 6.76. The molecule has 3 rings (SSSR count). The molecule has 0 bridgehead atoms. The molecule has 130 valence electrons. The van der Waals surface area contributed by atoms with E-state index in [-0.39, 0.29) is 17.9 Å². The summed E-state index contributed by atoms with van der Waals surface area (Å²) >= 11 is 0. The summed E-state index contributed by atoms with van der Waals surface area (Å²) in [6.07, 6.45) is 0. The molecule has 25 heavy (non-hydrogen) atoms. The van der Waals surface area contributed by atoms with Gasteiger partial charge in [0.05, 0.1) is 5.56 Å². The molecule has 1 heterocycles. The van der Waals surface area contributed by atoms with Gasteiger partial charge in [-0.1, -0.05) is 18.2 Å². The Bertz CT molecular complexity index is 933. The minimum Gasteiger partial charge on any atom is -0.358 e. The Morgan fingerprint density at radius 3 is 2.52 bits per heavy atom. The van der Waals surface area contributed by atoms with E-state index in [0.717, 1.165) is 22.7 Å². The molecule has 2 atom stereocenters. The zero-order chi connectivity index (χ0) is 18.1. The zero-order valence-corrected chi connectivity index (χ0v) is 14.4. The number of aromatic amines is 1. The number of rotatable bonds is 5. The van der Waals surface area contributed by atoms with E-state index in [9.17, 15) is 13.6 Å². The van der Waals surface area contributed by atoms with Gasteiger partial charge in [0.2, 0.25) is 5.78 Å². The second-order valence-corrected chi connectivity index (χ2v) is 6.48. The number of hydrogen-bond acceptors (Lipinski definition) is 1. The first kappa shape index (κ1) is 17.3. The Kier molecular flexibility index (Phi) is 4.68. The van der Waals surface area contributed by atoms with Crippen LogP contribution in [0.5, 0.6) is 0 Å². The van der Waals surface area contributed by atoms with Crippen LogP contribution in [0.2, 0.25) is 0 Å².